The molecule has 12 heteroatoms. The molecule has 1 unspecified atom stereocenters. The van der Waals surface area contributed by atoms with Crippen LogP contribution in [0.4, 0.5) is 5.69 Å². The molecule has 266 valence electrons. The van der Waals surface area contributed by atoms with E-state index in [4.69, 9.17) is 15.2 Å². The topological polar surface area (TPSA) is 155 Å². The number of imide groups is 1. The van der Waals surface area contributed by atoms with Gasteiger partial charge in [-0.2, -0.15) is 0 Å². The van der Waals surface area contributed by atoms with Gasteiger partial charge in [-0.25, -0.2) is 0 Å². The number of amides is 3. The first-order valence-corrected chi connectivity index (χ1v) is 17.1. The van der Waals surface area contributed by atoms with Crippen molar-refractivity contribution in [1.82, 2.24) is 25.8 Å². The summed E-state index contributed by atoms with van der Waals surface area (Å²) in [6, 6.07) is 10.2. The van der Waals surface area contributed by atoms with Crippen LogP contribution in [0.5, 0.6) is 5.75 Å². The highest BCUT2D eigenvalue weighted by Crippen LogP contribution is 2.23. The molecule has 0 spiro atoms. The summed E-state index contributed by atoms with van der Waals surface area (Å²) in [5.74, 6) is 6.36. The van der Waals surface area contributed by atoms with E-state index in [9.17, 15) is 19.2 Å². The number of nitrogens with zero attached hydrogens (tertiary/aromatic N) is 2. The zero-order chi connectivity index (χ0) is 35.4. The third kappa shape index (κ3) is 12.9. The van der Waals surface area contributed by atoms with E-state index in [1.54, 1.807) is 37.4 Å². The second-order valence-corrected chi connectivity index (χ2v) is 12.2. The maximum atomic E-state index is 12.7. The number of ether oxygens (including phenoxy) is 2. The second kappa shape index (κ2) is 21.6. The Labute approximate surface area is 290 Å². The Bertz CT molecular complexity index is 1430. The largest absolute Gasteiger partial charge is 0.495 e. The van der Waals surface area contributed by atoms with Gasteiger partial charge in [0, 0.05) is 55.3 Å². The molecular weight excluding hydrogens is 624 g/mol. The van der Waals surface area contributed by atoms with Gasteiger partial charge >= 0.3 is 0 Å². The molecule has 5 N–H and O–H groups in total. The van der Waals surface area contributed by atoms with Gasteiger partial charge in [-0.15, -0.1) is 0 Å². The molecule has 0 radical (unpaired) electrons. The van der Waals surface area contributed by atoms with Crippen LogP contribution in [-0.2, 0) is 20.9 Å². The number of likely N-dealkylation sites (tertiary alicyclic amines) is 1. The van der Waals surface area contributed by atoms with Gasteiger partial charge < -0.3 is 30.7 Å². The number of carbonyl (C=O) groups is 4. The SMILES string of the molecule is CCCC(C(=O)NC=O)N(C)Cc1c(C#CCCOCCNCCCN2CCC(NC(=O)c3ccc(N)c(OC)c3)CC2)cccc1C=O. The van der Waals surface area contributed by atoms with Crippen molar-refractivity contribution in [2.24, 2.45) is 0 Å². The first-order valence-electron chi connectivity index (χ1n) is 17.1. The van der Waals surface area contributed by atoms with E-state index in [2.05, 4.69) is 32.7 Å². The number of nitrogen functional groups attached to an aromatic ring is 1. The molecule has 1 saturated heterocycles. The molecule has 1 fully saturated rings. The molecule has 2 aromatic rings. The normalized spacial score (nSPS) is 14.0. The molecule has 12 nitrogen and oxygen atoms in total. The van der Waals surface area contributed by atoms with Crippen molar-refractivity contribution in [3.63, 3.8) is 0 Å². The molecule has 0 saturated carbocycles. The number of rotatable bonds is 20. The number of anilines is 1. The quantitative estimate of drug-likeness (QED) is 0.0712. The zero-order valence-electron chi connectivity index (χ0n) is 29.1. The Balaban J connectivity index is 1.29. The summed E-state index contributed by atoms with van der Waals surface area (Å²) in [6.07, 6.45) is 5.97. The van der Waals surface area contributed by atoms with E-state index in [1.165, 1.54) is 7.11 Å². The summed E-state index contributed by atoms with van der Waals surface area (Å²) >= 11 is 0. The van der Waals surface area contributed by atoms with Crippen LogP contribution in [0.15, 0.2) is 36.4 Å². The monoisotopic (exact) mass is 676 g/mol. The van der Waals surface area contributed by atoms with E-state index in [-0.39, 0.29) is 17.9 Å². The van der Waals surface area contributed by atoms with Crippen LogP contribution in [0.3, 0.4) is 0 Å². The molecular formula is C37H52N6O6. The van der Waals surface area contributed by atoms with Crippen molar-refractivity contribution in [3.8, 4) is 17.6 Å². The smallest absolute Gasteiger partial charge is 0.251 e. The number of benzene rings is 2. The zero-order valence-corrected chi connectivity index (χ0v) is 29.1. The molecule has 1 heterocycles. The lowest BCUT2D eigenvalue weighted by Gasteiger charge is -2.32. The van der Waals surface area contributed by atoms with E-state index in [0.717, 1.165) is 75.8 Å². The van der Waals surface area contributed by atoms with Crippen molar-refractivity contribution in [1.29, 1.82) is 0 Å². The summed E-state index contributed by atoms with van der Waals surface area (Å²) in [7, 11) is 3.34. The minimum atomic E-state index is -0.496. The molecule has 3 amide bonds. The van der Waals surface area contributed by atoms with E-state index in [0.29, 0.717) is 61.6 Å². The minimum absolute atomic E-state index is 0.102. The van der Waals surface area contributed by atoms with Crippen LogP contribution < -0.4 is 26.4 Å². The molecule has 1 atom stereocenters. The number of likely N-dealkylation sites (N-methyl/N-ethyl adjacent to an activating group) is 1. The van der Waals surface area contributed by atoms with Crippen LogP contribution in [-0.4, -0.2) is 106 Å². The number of nitrogens with two attached hydrogens (primary N) is 1. The highest BCUT2D eigenvalue weighted by Gasteiger charge is 2.24. The number of piperidine rings is 1. The highest BCUT2D eigenvalue weighted by molar-refractivity contribution is 5.95. The van der Waals surface area contributed by atoms with Crippen LogP contribution in [0, 0.1) is 11.8 Å². The van der Waals surface area contributed by atoms with E-state index in [1.807, 2.05) is 17.9 Å². The Kier molecular flexibility index (Phi) is 17.3. The fourth-order valence-electron chi connectivity index (χ4n) is 5.85. The Morgan fingerprint density at radius 2 is 1.94 bits per heavy atom. The minimum Gasteiger partial charge on any atom is -0.495 e. The summed E-state index contributed by atoms with van der Waals surface area (Å²) in [5, 5.41) is 8.82. The molecule has 2 aromatic carbocycles. The van der Waals surface area contributed by atoms with Crippen LogP contribution in [0.2, 0.25) is 0 Å². The standard InChI is InChI=1S/C37H52N6O6/c1-4-9-34(37(47)40-27-45)42(2)25-32-28(11-7-12-30(32)26-44)10-5-6-22-49-23-18-39-17-8-19-43-20-15-31(16-21-43)41-36(46)29-13-14-33(38)35(24-29)48-3/h7,11-14,24,26-27,31,34,39H,4,6,8-9,15-23,25,38H2,1-3H3,(H,41,46)(H,40,45,47). The number of hydrogen-bond donors (Lipinski definition) is 4. The van der Waals surface area contributed by atoms with Crippen molar-refractivity contribution >= 4 is 30.2 Å². The molecule has 49 heavy (non-hydrogen) atoms. The van der Waals surface area contributed by atoms with Gasteiger partial charge in [-0.3, -0.25) is 29.4 Å². The number of aldehydes is 1. The third-order valence-corrected chi connectivity index (χ3v) is 8.61. The van der Waals surface area contributed by atoms with Crippen molar-refractivity contribution in [2.45, 2.75) is 64.1 Å². The molecule has 0 aromatic heterocycles. The molecule has 0 aliphatic carbocycles. The van der Waals surface area contributed by atoms with Gasteiger partial charge in [0.05, 0.1) is 32.1 Å². The summed E-state index contributed by atoms with van der Waals surface area (Å²) in [4.78, 5) is 52.0. The van der Waals surface area contributed by atoms with E-state index >= 15 is 0 Å². The highest BCUT2D eigenvalue weighted by atomic mass is 16.5. The average Bonchev–Trinajstić information content (AvgIpc) is 3.10. The third-order valence-electron chi connectivity index (χ3n) is 8.61. The second-order valence-electron chi connectivity index (χ2n) is 12.2. The average molecular weight is 677 g/mol. The summed E-state index contributed by atoms with van der Waals surface area (Å²) in [6.45, 7) is 7.98. The number of methoxy groups -OCH3 is 1. The van der Waals surface area contributed by atoms with Gasteiger partial charge in [-0.05, 0) is 75.6 Å². The van der Waals surface area contributed by atoms with Crippen LogP contribution in [0.25, 0.3) is 0 Å². The van der Waals surface area contributed by atoms with E-state index < -0.39 is 6.04 Å². The maximum absolute atomic E-state index is 12.7. The van der Waals surface area contributed by atoms with Gasteiger partial charge in [-0.1, -0.05) is 37.3 Å². The van der Waals surface area contributed by atoms with Gasteiger partial charge in [0.1, 0.15) is 12.0 Å². The first kappa shape index (κ1) is 39.2. The maximum Gasteiger partial charge on any atom is 0.251 e. The van der Waals surface area contributed by atoms with Crippen molar-refractivity contribution < 1.29 is 28.7 Å². The van der Waals surface area contributed by atoms with Crippen LogP contribution in [0.1, 0.15) is 77.3 Å². The lowest BCUT2D eigenvalue weighted by Crippen LogP contribution is -2.45. The molecule has 1 aliphatic rings. The lowest BCUT2D eigenvalue weighted by molar-refractivity contribution is -0.129. The Morgan fingerprint density at radius 1 is 1.14 bits per heavy atom. The number of nitrogens with one attached hydrogen (secondary N) is 3. The van der Waals surface area contributed by atoms with Gasteiger partial charge in [0.2, 0.25) is 12.3 Å². The summed E-state index contributed by atoms with van der Waals surface area (Å²) < 4.78 is 11.0. The Hall–Kier alpha value is -4.28. The number of carbonyl (C=O) groups excluding carboxylic acids is 4. The Morgan fingerprint density at radius 3 is 2.65 bits per heavy atom. The molecule has 3 rings (SSSR count). The van der Waals surface area contributed by atoms with Gasteiger partial charge in [0.15, 0.2) is 0 Å². The molecule has 0 bridgehead atoms. The lowest BCUT2D eigenvalue weighted by atomic mass is 10.00. The fraction of sp³-hybridized carbons (Fsp3) is 0.514. The summed E-state index contributed by atoms with van der Waals surface area (Å²) in [5.41, 5.74) is 8.93. The van der Waals surface area contributed by atoms with Crippen molar-refractivity contribution in [2.75, 3.05) is 65.8 Å². The van der Waals surface area contributed by atoms with Crippen molar-refractivity contribution in [3.05, 3.63) is 58.7 Å². The van der Waals surface area contributed by atoms with Gasteiger partial charge in [0.25, 0.3) is 5.91 Å². The number of hydrogen-bond acceptors (Lipinski definition) is 10. The predicted octanol–water partition coefficient (Wildman–Crippen LogP) is 2.60. The fourth-order valence-corrected chi connectivity index (χ4v) is 5.85. The van der Waals surface area contributed by atoms with Crippen LogP contribution >= 0.6 is 0 Å². The molecule has 1 aliphatic heterocycles. The predicted molar refractivity (Wildman–Crippen MR) is 190 cm³/mol. The first-order chi connectivity index (χ1) is 23.8.